The van der Waals surface area contributed by atoms with E-state index in [1.807, 2.05) is 6.92 Å². The molecule has 0 unspecified atom stereocenters. The Bertz CT molecular complexity index is 424. The van der Waals surface area contributed by atoms with Crippen LogP contribution in [-0.4, -0.2) is 41.0 Å². The normalized spacial score (nSPS) is 17.6. The van der Waals surface area contributed by atoms with Crippen LogP contribution in [0.5, 0.6) is 0 Å². The van der Waals surface area contributed by atoms with Gasteiger partial charge in [-0.05, 0) is 46.3 Å². The van der Waals surface area contributed by atoms with Crippen molar-refractivity contribution in [3.63, 3.8) is 0 Å². The van der Waals surface area contributed by atoms with E-state index in [1.165, 1.54) is 0 Å². The second kappa shape index (κ2) is 6.19. The lowest BCUT2D eigenvalue weighted by Crippen LogP contribution is -2.37. The van der Waals surface area contributed by atoms with Gasteiger partial charge in [0.15, 0.2) is 0 Å². The van der Waals surface area contributed by atoms with Gasteiger partial charge >= 0.3 is 0 Å². The lowest BCUT2D eigenvalue weighted by atomic mass is 10.1. The molecule has 5 nitrogen and oxygen atoms in total. The first-order chi connectivity index (χ1) is 9.10. The van der Waals surface area contributed by atoms with E-state index >= 15 is 0 Å². The standard InChI is InChI=1S/C14H25N5/c1-4-5-12-17-13(15)10(2)14(18-12)16-11-6-8-19(3)9-7-11/h11H,4-9H2,1-3H3,(H3,15,16,17,18). The van der Waals surface area contributed by atoms with Crippen molar-refractivity contribution in [1.82, 2.24) is 14.9 Å². The van der Waals surface area contributed by atoms with E-state index in [0.29, 0.717) is 11.9 Å². The van der Waals surface area contributed by atoms with E-state index in [1.54, 1.807) is 0 Å². The number of likely N-dealkylation sites (tertiary alicyclic amines) is 1. The molecule has 0 bridgehead atoms. The van der Waals surface area contributed by atoms with E-state index in [2.05, 4.69) is 34.2 Å². The molecule has 1 fully saturated rings. The Hall–Kier alpha value is -1.36. The van der Waals surface area contributed by atoms with Crippen LogP contribution in [-0.2, 0) is 6.42 Å². The first kappa shape index (κ1) is 14.1. The smallest absolute Gasteiger partial charge is 0.134 e. The maximum atomic E-state index is 5.98. The fourth-order valence-electron chi connectivity index (χ4n) is 2.40. The number of hydrogen-bond acceptors (Lipinski definition) is 5. The fourth-order valence-corrected chi connectivity index (χ4v) is 2.40. The summed E-state index contributed by atoms with van der Waals surface area (Å²) < 4.78 is 0. The molecule has 0 aliphatic carbocycles. The van der Waals surface area contributed by atoms with Crippen molar-refractivity contribution in [1.29, 1.82) is 0 Å². The highest BCUT2D eigenvalue weighted by molar-refractivity contribution is 5.55. The first-order valence-electron chi connectivity index (χ1n) is 7.18. The van der Waals surface area contributed by atoms with E-state index in [9.17, 15) is 0 Å². The summed E-state index contributed by atoms with van der Waals surface area (Å²) in [5.74, 6) is 2.38. The van der Waals surface area contributed by atoms with Crippen LogP contribution in [0.25, 0.3) is 0 Å². The molecule has 3 N–H and O–H groups in total. The molecule has 19 heavy (non-hydrogen) atoms. The largest absolute Gasteiger partial charge is 0.383 e. The molecular formula is C14H25N5. The van der Waals surface area contributed by atoms with Crippen molar-refractivity contribution in [2.24, 2.45) is 0 Å². The molecule has 2 heterocycles. The van der Waals surface area contributed by atoms with Crippen LogP contribution >= 0.6 is 0 Å². The minimum Gasteiger partial charge on any atom is -0.383 e. The predicted molar refractivity (Wildman–Crippen MR) is 79.3 cm³/mol. The van der Waals surface area contributed by atoms with Crippen molar-refractivity contribution < 1.29 is 0 Å². The van der Waals surface area contributed by atoms with E-state index in [4.69, 9.17) is 5.73 Å². The molecule has 0 aromatic carbocycles. The van der Waals surface area contributed by atoms with Crippen molar-refractivity contribution in [2.75, 3.05) is 31.2 Å². The molecule has 2 rings (SSSR count). The van der Waals surface area contributed by atoms with E-state index in [-0.39, 0.29) is 0 Å². The predicted octanol–water partition coefficient (Wildman–Crippen LogP) is 1.83. The molecule has 1 aromatic heterocycles. The zero-order valence-corrected chi connectivity index (χ0v) is 12.2. The Kier molecular flexibility index (Phi) is 4.58. The molecule has 0 saturated carbocycles. The second-order valence-corrected chi connectivity index (χ2v) is 5.47. The number of nitrogens with two attached hydrogens (primary N) is 1. The molecule has 1 aliphatic heterocycles. The maximum Gasteiger partial charge on any atom is 0.134 e. The van der Waals surface area contributed by atoms with Gasteiger partial charge in [0.05, 0.1) is 0 Å². The number of nitrogens with one attached hydrogen (secondary N) is 1. The molecule has 0 atom stereocenters. The summed E-state index contributed by atoms with van der Waals surface area (Å²) in [5, 5.41) is 3.55. The lowest BCUT2D eigenvalue weighted by Gasteiger charge is -2.30. The molecule has 5 heteroatoms. The summed E-state index contributed by atoms with van der Waals surface area (Å²) in [4.78, 5) is 11.3. The van der Waals surface area contributed by atoms with E-state index in [0.717, 1.165) is 56.0 Å². The number of aromatic nitrogens is 2. The zero-order chi connectivity index (χ0) is 13.8. The molecule has 1 aromatic rings. The average Bonchev–Trinajstić information content (AvgIpc) is 2.38. The summed E-state index contributed by atoms with van der Waals surface area (Å²) in [6, 6.07) is 0.499. The van der Waals surface area contributed by atoms with Gasteiger partial charge in [0.1, 0.15) is 17.5 Å². The topological polar surface area (TPSA) is 67.1 Å². The first-order valence-corrected chi connectivity index (χ1v) is 7.18. The zero-order valence-electron chi connectivity index (χ0n) is 12.2. The van der Waals surface area contributed by atoms with Gasteiger partial charge in [0.25, 0.3) is 0 Å². The molecular weight excluding hydrogens is 238 g/mol. The Morgan fingerprint density at radius 2 is 2.00 bits per heavy atom. The number of hydrogen-bond donors (Lipinski definition) is 2. The summed E-state index contributed by atoms with van der Waals surface area (Å²) in [6.07, 6.45) is 4.23. The summed E-state index contributed by atoms with van der Waals surface area (Å²) in [5.41, 5.74) is 6.95. The molecule has 0 amide bonds. The molecule has 0 radical (unpaired) electrons. The van der Waals surface area contributed by atoms with Crippen LogP contribution in [0.1, 0.15) is 37.6 Å². The number of rotatable bonds is 4. The quantitative estimate of drug-likeness (QED) is 0.867. The monoisotopic (exact) mass is 263 g/mol. The van der Waals surface area contributed by atoms with Crippen molar-refractivity contribution >= 4 is 11.6 Å². The van der Waals surface area contributed by atoms with Gasteiger partial charge in [0, 0.05) is 18.0 Å². The van der Waals surface area contributed by atoms with Crippen LogP contribution in [0.2, 0.25) is 0 Å². The Morgan fingerprint density at radius 3 is 2.63 bits per heavy atom. The van der Waals surface area contributed by atoms with Gasteiger partial charge in [-0.15, -0.1) is 0 Å². The van der Waals surface area contributed by atoms with Gasteiger partial charge < -0.3 is 16.0 Å². The Morgan fingerprint density at radius 1 is 1.32 bits per heavy atom. The minimum absolute atomic E-state index is 0.499. The van der Waals surface area contributed by atoms with Gasteiger partial charge in [-0.3, -0.25) is 0 Å². The van der Waals surface area contributed by atoms with Gasteiger partial charge in [-0.25, -0.2) is 9.97 Å². The van der Waals surface area contributed by atoms with Gasteiger partial charge in [-0.1, -0.05) is 6.92 Å². The SMILES string of the molecule is CCCc1nc(N)c(C)c(NC2CCN(C)CC2)n1. The fraction of sp³-hybridized carbons (Fsp3) is 0.714. The highest BCUT2D eigenvalue weighted by Crippen LogP contribution is 2.21. The Balaban J connectivity index is 2.10. The summed E-state index contributed by atoms with van der Waals surface area (Å²) in [6.45, 7) is 6.39. The van der Waals surface area contributed by atoms with Gasteiger partial charge in [-0.2, -0.15) is 0 Å². The van der Waals surface area contributed by atoms with Crippen LogP contribution in [0.3, 0.4) is 0 Å². The van der Waals surface area contributed by atoms with Gasteiger partial charge in [0.2, 0.25) is 0 Å². The van der Waals surface area contributed by atoms with E-state index < -0.39 is 0 Å². The highest BCUT2D eigenvalue weighted by Gasteiger charge is 2.18. The van der Waals surface area contributed by atoms with Crippen LogP contribution in [0.15, 0.2) is 0 Å². The molecule has 0 spiro atoms. The number of aryl methyl sites for hydroxylation is 1. The third-order valence-corrected chi connectivity index (χ3v) is 3.76. The molecule has 106 valence electrons. The number of piperidine rings is 1. The average molecular weight is 263 g/mol. The highest BCUT2D eigenvalue weighted by atomic mass is 15.1. The second-order valence-electron chi connectivity index (χ2n) is 5.47. The Labute approximate surface area is 115 Å². The number of nitrogens with zero attached hydrogens (tertiary/aromatic N) is 3. The summed E-state index contributed by atoms with van der Waals surface area (Å²) >= 11 is 0. The molecule has 1 saturated heterocycles. The van der Waals surface area contributed by atoms with Crippen LogP contribution < -0.4 is 11.1 Å². The third kappa shape index (κ3) is 3.56. The number of nitrogen functional groups attached to an aromatic ring is 1. The van der Waals surface area contributed by atoms with Crippen LogP contribution in [0.4, 0.5) is 11.6 Å². The lowest BCUT2D eigenvalue weighted by molar-refractivity contribution is 0.263. The minimum atomic E-state index is 0.499. The third-order valence-electron chi connectivity index (χ3n) is 3.76. The number of anilines is 2. The molecule has 1 aliphatic rings. The van der Waals surface area contributed by atoms with Crippen molar-refractivity contribution in [3.8, 4) is 0 Å². The van der Waals surface area contributed by atoms with Crippen molar-refractivity contribution in [2.45, 2.75) is 45.6 Å². The van der Waals surface area contributed by atoms with Crippen LogP contribution in [0, 0.1) is 6.92 Å². The van der Waals surface area contributed by atoms with Crippen molar-refractivity contribution in [3.05, 3.63) is 11.4 Å². The summed E-state index contributed by atoms with van der Waals surface area (Å²) in [7, 11) is 2.17. The maximum absolute atomic E-state index is 5.98.